The lowest BCUT2D eigenvalue weighted by Gasteiger charge is -2.10. The SMILES string of the molecule is CC(=O)c1ccc(OCCC(F)(F)F)c(Br)c1. The smallest absolute Gasteiger partial charge is 0.392 e. The molecule has 0 bridgehead atoms. The molecule has 17 heavy (non-hydrogen) atoms. The number of rotatable bonds is 4. The normalized spacial score (nSPS) is 11.4. The number of ketones is 1. The Bertz CT molecular complexity index is 416. The summed E-state index contributed by atoms with van der Waals surface area (Å²) >= 11 is 3.14. The molecular weight excluding hydrogens is 301 g/mol. The van der Waals surface area contributed by atoms with Crippen LogP contribution >= 0.6 is 15.9 Å². The molecular formula is C11H10BrF3O2. The Morgan fingerprint density at radius 2 is 2.06 bits per heavy atom. The number of benzene rings is 1. The molecule has 0 spiro atoms. The van der Waals surface area contributed by atoms with Gasteiger partial charge in [-0.2, -0.15) is 13.2 Å². The van der Waals surface area contributed by atoms with Gasteiger partial charge in [-0.25, -0.2) is 0 Å². The minimum Gasteiger partial charge on any atom is -0.492 e. The molecule has 0 aromatic heterocycles. The summed E-state index contributed by atoms with van der Waals surface area (Å²) in [4.78, 5) is 11.0. The average Bonchev–Trinajstić information content (AvgIpc) is 2.18. The molecule has 0 aliphatic carbocycles. The highest BCUT2D eigenvalue weighted by molar-refractivity contribution is 9.10. The number of Topliss-reactive ketones (excluding diaryl/α,β-unsaturated/α-hetero) is 1. The van der Waals surface area contributed by atoms with Gasteiger partial charge in [-0.3, -0.25) is 4.79 Å². The van der Waals surface area contributed by atoms with Gasteiger partial charge >= 0.3 is 6.18 Å². The van der Waals surface area contributed by atoms with E-state index in [2.05, 4.69) is 15.9 Å². The van der Waals surface area contributed by atoms with E-state index in [0.717, 1.165) is 0 Å². The zero-order valence-electron chi connectivity index (χ0n) is 8.97. The number of hydrogen-bond donors (Lipinski definition) is 0. The number of alkyl halides is 3. The Hall–Kier alpha value is -1.04. The van der Waals surface area contributed by atoms with Crippen LogP contribution in [0, 0.1) is 0 Å². The number of ether oxygens (including phenoxy) is 1. The van der Waals surface area contributed by atoms with E-state index in [0.29, 0.717) is 15.8 Å². The van der Waals surface area contributed by atoms with Crippen molar-refractivity contribution in [1.29, 1.82) is 0 Å². The second-order valence-corrected chi connectivity index (χ2v) is 4.27. The van der Waals surface area contributed by atoms with Crippen molar-refractivity contribution in [2.45, 2.75) is 19.5 Å². The van der Waals surface area contributed by atoms with Crippen LogP contribution in [0.25, 0.3) is 0 Å². The zero-order valence-corrected chi connectivity index (χ0v) is 10.6. The van der Waals surface area contributed by atoms with Gasteiger partial charge in [0.05, 0.1) is 17.5 Å². The van der Waals surface area contributed by atoms with Gasteiger partial charge in [0.15, 0.2) is 5.78 Å². The molecule has 0 N–H and O–H groups in total. The lowest BCUT2D eigenvalue weighted by Crippen LogP contribution is -2.13. The Morgan fingerprint density at radius 3 is 2.53 bits per heavy atom. The molecule has 0 amide bonds. The molecule has 6 heteroatoms. The van der Waals surface area contributed by atoms with Crippen molar-refractivity contribution in [2.75, 3.05) is 6.61 Å². The average molecular weight is 311 g/mol. The van der Waals surface area contributed by atoms with E-state index in [1.165, 1.54) is 25.1 Å². The molecule has 0 aliphatic rings. The summed E-state index contributed by atoms with van der Waals surface area (Å²) in [7, 11) is 0. The van der Waals surface area contributed by atoms with E-state index in [1.807, 2.05) is 0 Å². The summed E-state index contributed by atoms with van der Waals surface area (Å²) in [5.74, 6) is 0.173. The third-order valence-electron chi connectivity index (χ3n) is 1.98. The predicted octanol–water partition coefficient (Wildman–Crippen LogP) is 3.98. The summed E-state index contributed by atoms with van der Waals surface area (Å²) in [5, 5.41) is 0. The molecule has 2 nitrogen and oxygen atoms in total. The highest BCUT2D eigenvalue weighted by Crippen LogP contribution is 2.27. The van der Waals surface area contributed by atoms with E-state index in [-0.39, 0.29) is 5.78 Å². The lowest BCUT2D eigenvalue weighted by atomic mass is 10.1. The molecule has 1 aromatic carbocycles. The lowest BCUT2D eigenvalue weighted by molar-refractivity contribution is -0.139. The fourth-order valence-corrected chi connectivity index (χ4v) is 1.61. The van der Waals surface area contributed by atoms with Crippen molar-refractivity contribution in [3.05, 3.63) is 28.2 Å². The van der Waals surface area contributed by atoms with Gasteiger partial charge in [0, 0.05) is 5.56 Å². The van der Waals surface area contributed by atoms with Crippen LogP contribution in [0.5, 0.6) is 5.75 Å². The first kappa shape index (κ1) is 14.0. The minimum absolute atomic E-state index is 0.118. The second kappa shape index (κ2) is 5.53. The molecule has 0 heterocycles. The molecule has 0 atom stereocenters. The van der Waals surface area contributed by atoms with E-state index < -0.39 is 19.2 Å². The Kier molecular flexibility index (Phi) is 4.56. The van der Waals surface area contributed by atoms with Crippen molar-refractivity contribution in [2.24, 2.45) is 0 Å². The maximum absolute atomic E-state index is 11.9. The largest absolute Gasteiger partial charge is 0.492 e. The summed E-state index contributed by atoms with van der Waals surface area (Å²) < 4.78 is 41.1. The summed E-state index contributed by atoms with van der Waals surface area (Å²) in [5.41, 5.74) is 0.472. The van der Waals surface area contributed by atoms with Crippen LogP contribution in [0.1, 0.15) is 23.7 Å². The van der Waals surface area contributed by atoms with E-state index in [4.69, 9.17) is 4.74 Å². The molecule has 1 aromatic rings. The zero-order chi connectivity index (χ0) is 13.1. The van der Waals surface area contributed by atoms with Gasteiger partial charge in [0.25, 0.3) is 0 Å². The van der Waals surface area contributed by atoms with Crippen LogP contribution in [0.4, 0.5) is 13.2 Å². The standard InChI is InChI=1S/C11H10BrF3O2/c1-7(16)8-2-3-10(9(12)6-8)17-5-4-11(13,14)15/h2-3,6H,4-5H2,1H3. The highest BCUT2D eigenvalue weighted by atomic mass is 79.9. The first-order chi connectivity index (χ1) is 7.79. The van der Waals surface area contributed by atoms with Crippen LogP contribution in [-0.4, -0.2) is 18.6 Å². The van der Waals surface area contributed by atoms with E-state index in [9.17, 15) is 18.0 Å². The summed E-state index contributed by atoms with van der Waals surface area (Å²) in [6, 6.07) is 4.50. The minimum atomic E-state index is -4.23. The van der Waals surface area contributed by atoms with E-state index >= 15 is 0 Å². The second-order valence-electron chi connectivity index (χ2n) is 3.42. The van der Waals surface area contributed by atoms with Crippen LogP contribution in [0.15, 0.2) is 22.7 Å². The first-order valence-electron chi connectivity index (χ1n) is 4.79. The molecule has 0 radical (unpaired) electrons. The Balaban J connectivity index is 2.64. The van der Waals surface area contributed by atoms with Gasteiger partial charge in [-0.05, 0) is 41.1 Å². The molecule has 0 unspecified atom stereocenters. The maximum Gasteiger partial charge on any atom is 0.392 e. The molecule has 0 saturated carbocycles. The van der Waals surface area contributed by atoms with Gasteiger partial charge in [0.1, 0.15) is 5.75 Å². The van der Waals surface area contributed by atoms with Crippen LogP contribution in [-0.2, 0) is 0 Å². The number of hydrogen-bond acceptors (Lipinski definition) is 2. The van der Waals surface area contributed by atoms with E-state index in [1.54, 1.807) is 0 Å². The molecule has 0 fully saturated rings. The maximum atomic E-state index is 11.9. The Labute approximate surface area is 105 Å². The summed E-state index contributed by atoms with van der Waals surface area (Å²) in [6.45, 7) is 0.966. The third-order valence-corrected chi connectivity index (χ3v) is 2.60. The molecule has 0 aliphatic heterocycles. The summed E-state index contributed by atoms with van der Waals surface area (Å²) in [6.07, 6.45) is -5.24. The molecule has 0 saturated heterocycles. The fourth-order valence-electron chi connectivity index (χ4n) is 1.11. The van der Waals surface area contributed by atoms with Gasteiger partial charge in [-0.15, -0.1) is 0 Å². The van der Waals surface area contributed by atoms with Crippen molar-refractivity contribution in [3.8, 4) is 5.75 Å². The topological polar surface area (TPSA) is 26.3 Å². The highest BCUT2D eigenvalue weighted by Gasteiger charge is 2.26. The third kappa shape index (κ3) is 4.77. The molecule has 1 rings (SSSR count). The molecule has 94 valence electrons. The van der Waals surface area contributed by atoms with Crippen molar-refractivity contribution in [1.82, 2.24) is 0 Å². The van der Waals surface area contributed by atoms with Crippen molar-refractivity contribution in [3.63, 3.8) is 0 Å². The number of halogens is 4. The monoisotopic (exact) mass is 310 g/mol. The Morgan fingerprint density at radius 1 is 1.41 bits per heavy atom. The predicted molar refractivity (Wildman–Crippen MR) is 60.3 cm³/mol. The van der Waals surface area contributed by atoms with Crippen LogP contribution < -0.4 is 4.74 Å². The van der Waals surface area contributed by atoms with Gasteiger partial charge in [0.2, 0.25) is 0 Å². The first-order valence-corrected chi connectivity index (χ1v) is 5.59. The fraction of sp³-hybridized carbons (Fsp3) is 0.364. The van der Waals surface area contributed by atoms with Crippen molar-refractivity contribution >= 4 is 21.7 Å². The van der Waals surface area contributed by atoms with Crippen LogP contribution in [0.3, 0.4) is 0 Å². The quantitative estimate of drug-likeness (QED) is 0.786. The number of carbonyl (C=O) groups is 1. The van der Waals surface area contributed by atoms with Crippen molar-refractivity contribution < 1.29 is 22.7 Å². The number of carbonyl (C=O) groups excluding carboxylic acids is 1. The van der Waals surface area contributed by atoms with Gasteiger partial charge in [-0.1, -0.05) is 0 Å². The van der Waals surface area contributed by atoms with Gasteiger partial charge < -0.3 is 4.74 Å². The van der Waals surface area contributed by atoms with Crippen LogP contribution in [0.2, 0.25) is 0 Å².